The molecular weight excluding hydrogens is 432 g/mol. The van der Waals surface area contributed by atoms with E-state index < -0.39 is 0 Å². The number of hydrogen-bond acceptors (Lipinski definition) is 8. The number of aromatic nitrogens is 3. The molecule has 0 atom stereocenters. The van der Waals surface area contributed by atoms with E-state index in [9.17, 15) is 4.79 Å². The van der Waals surface area contributed by atoms with Gasteiger partial charge in [-0.2, -0.15) is 15.0 Å². The minimum atomic E-state index is -0.229. The lowest BCUT2D eigenvalue weighted by molar-refractivity contribution is 0.0950. The molecule has 1 aliphatic rings. The molecule has 0 spiro atoms. The van der Waals surface area contributed by atoms with Crippen LogP contribution in [0.15, 0.2) is 48.5 Å². The van der Waals surface area contributed by atoms with Gasteiger partial charge in [-0.05, 0) is 48.5 Å². The molecule has 32 heavy (non-hydrogen) atoms. The summed E-state index contributed by atoms with van der Waals surface area (Å²) in [7, 11) is 1.58. The van der Waals surface area contributed by atoms with Gasteiger partial charge in [-0.1, -0.05) is 11.6 Å². The van der Waals surface area contributed by atoms with Crippen LogP contribution in [0.3, 0.4) is 0 Å². The average Bonchev–Trinajstić information content (AvgIpc) is 2.84. The van der Waals surface area contributed by atoms with Gasteiger partial charge in [0.05, 0.1) is 26.9 Å². The van der Waals surface area contributed by atoms with Crippen molar-refractivity contribution in [3.05, 3.63) is 64.9 Å². The summed E-state index contributed by atoms with van der Waals surface area (Å²) in [5, 5.41) is 6.68. The average molecular weight is 455 g/mol. The number of rotatable bonds is 7. The van der Waals surface area contributed by atoms with Crippen LogP contribution in [-0.2, 0) is 11.3 Å². The summed E-state index contributed by atoms with van der Waals surface area (Å²) in [6.45, 7) is 2.73. The topological polar surface area (TPSA) is 102 Å². The number of carbonyl (C=O) groups excluding carboxylic acids is 1. The summed E-state index contributed by atoms with van der Waals surface area (Å²) in [6, 6.07) is 14.1. The van der Waals surface area contributed by atoms with Crippen molar-refractivity contribution in [2.24, 2.45) is 0 Å². The molecule has 0 aliphatic carbocycles. The first-order chi connectivity index (χ1) is 15.6. The fraction of sp³-hybridized carbons (Fsp3) is 0.273. The van der Waals surface area contributed by atoms with Gasteiger partial charge < -0.3 is 25.0 Å². The van der Waals surface area contributed by atoms with Crippen molar-refractivity contribution in [2.45, 2.75) is 6.54 Å². The van der Waals surface area contributed by atoms with Crippen molar-refractivity contribution in [3.63, 3.8) is 0 Å². The van der Waals surface area contributed by atoms with E-state index in [1.165, 1.54) is 0 Å². The third kappa shape index (κ3) is 5.63. The number of ether oxygens (including phenoxy) is 2. The maximum atomic E-state index is 12.5. The van der Waals surface area contributed by atoms with Crippen LogP contribution in [0.25, 0.3) is 0 Å². The maximum Gasteiger partial charge on any atom is 0.251 e. The number of morpholine rings is 1. The lowest BCUT2D eigenvalue weighted by Gasteiger charge is -2.27. The molecule has 1 aliphatic heterocycles. The van der Waals surface area contributed by atoms with E-state index in [0.717, 1.165) is 5.69 Å². The molecule has 2 heterocycles. The van der Waals surface area contributed by atoms with Crippen molar-refractivity contribution in [2.75, 3.05) is 43.6 Å². The third-order valence-electron chi connectivity index (χ3n) is 4.82. The number of halogens is 1. The second-order valence-corrected chi connectivity index (χ2v) is 7.45. The summed E-state index contributed by atoms with van der Waals surface area (Å²) in [5.41, 5.74) is 1.31. The number of hydrogen-bond donors (Lipinski definition) is 2. The van der Waals surface area contributed by atoms with E-state index in [0.29, 0.717) is 60.4 Å². The number of nitrogens with one attached hydrogen (secondary N) is 2. The Hall–Kier alpha value is -3.43. The van der Waals surface area contributed by atoms with E-state index >= 15 is 0 Å². The van der Waals surface area contributed by atoms with Crippen LogP contribution in [0.4, 0.5) is 17.6 Å². The Labute approximate surface area is 190 Å². The van der Waals surface area contributed by atoms with Crippen LogP contribution in [0.5, 0.6) is 5.75 Å². The summed E-state index contributed by atoms with van der Waals surface area (Å²) in [5.74, 6) is 1.83. The monoisotopic (exact) mass is 454 g/mol. The molecule has 10 heteroatoms. The van der Waals surface area contributed by atoms with Gasteiger partial charge >= 0.3 is 0 Å². The molecule has 1 fully saturated rings. The predicted molar refractivity (Wildman–Crippen MR) is 122 cm³/mol. The second-order valence-electron chi connectivity index (χ2n) is 7.02. The van der Waals surface area contributed by atoms with E-state index in [-0.39, 0.29) is 12.5 Å². The Kier molecular flexibility index (Phi) is 6.98. The van der Waals surface area contributed by atoms with Gasteiger partial charge in [0, 0.05) is 29.4 Å². The van der Waals surface area contributed by atoms with Gasteiger partial charge in [0.15, 0.2) is 5.82 Å². The van der Waals surface area contributed by atoms with E-state index in [1.807, 2.05) is 17.0 Å². The standard InChI is InChI=1S/C22H23ClN6O3/c1-31-18-8-2-15(3-9-18)20(30)24-14-19-26-21(25-17-6-4-16(23)5-7-17)28-22(27-19)29-10-12-32-13-11-29/h2-9H,10-14H2,1H3,(H,24,30)(H,25,26,27,28). The highest BCUT2D eigenvalue weighted by molar-refractivity contribution is 6.30. The van der Waals surface area contributed by atoms with Crippen LogP contribution < -0.4 is 20.3 Å². The van der Waals surface area contributed by atoms with E-state index in [4.69, 9.17) is 21.1 Å². The maximum absolute atomic E-state index is 12.5. The molecule has 0 unspecified atom stereocenters. The van der Waals surface area contributed by atoms with Crippen molar-refractivity contribution in [3.8, 4) is 5.75 Å². The summed E-state index contributed by atoms with van der Waals surface area (Å²) in [6.07, 6.45) is 0. The Bertz CT molecular complexity index is 1060. The summed E-state index contributed by atoms with van der Waals surface area (Å²) >= 11 is 5.97. The lowest BCUT2D eigenvalue weighted by Crippen LogP contribution is -2.38. The number of amides is 1. The zero-order valence-electron chi connectivity index (χ0n) is 17.5. The summed E-state index contributed by atoms with van der Waals surface area (Å²) in [4.78, 5) is 28.2. The largest absolute Gasteiger partial charge is 0.497 e. The van der Waals surface area contributed by atoms with Crippen LogP contribution in [0, 0.1) is 0 Å². The Morgan fingerprint density at radius 2 is 1.78 bits per heavy atom. The smallest absolute Gasteiger partial charge is 0.251 e. The van der Waals surface area contributed by atoms with Crippen LogP contribution >= 0.6 is 11.6 Å². The van der Waals surface area contributed by atoms with E-state index in [1.54, 1.807) is 43.5 Å². The number of nitrogens with zero attached hydrogens (tertiary/aromatic N) is 4. The molecule has 1 amide bonds. The molecule has 4 rings (SSSR count). The minimum absolute atomic E-state index is 0.153. The molecule has 0 radical (unpaired) electrons. The predicted octanol–water partition coefficient (Wildman–Crippen LogP) is 3.04. The van der Waals surface area contributed by atoms with Crippen molar-refractivity contribution in [1.29, 1.82) is 0 Å². The molecule has 1 saturated heterocycles. The molecule has 9 nitrogen and oxygen atoms in total. The number of benzene rings is 2. The highest BCUT2D eigenvalue weighted by Gasteiger charge is 2.17. The SMILES string of the molecule is COc1ccc(C(=O)NCc2nc(Nc3ccc(Cl)cc3)nc(N3CCOCC3)n2)cc1. The zero-order valence-corrected chi connectivity index (χ0v) is 18.3. The summed E-state index contributed by atoms with van der Waals surface area (Å²) < 4.78 is 10.6. The molecular formula is C22H23ClN6O3. The van der Waals surface area contributed by atoms with Gasteiger partial charge in [0.2, 0.25) is 11.9 Å². The number of methoxy groups -OCH3 is 1. The number of anilines is 3. The Balaban J connectivity index is 1.52. The molecule has 2 aromatic carbocycles. The first-order valence-electron chi connectivity index (χ1n) is 10.1. The van der Waals surface area contributed by atoms with Gasteiger partial charge in [-0.25, -0.2) is 0 Å². The fourth-order valence-corrected chi connectivity index (χ4v) is 3.24. The van der Waals surface area contributed by atoms with Gasteiger partial charge in [0.1, 0.15) is 5.75 Å². The number of carbonyl (C=O) groups is 1. The minimum Gasteiger partial charge on any atom is -0.497 e. The van der Waals surface area contributed by atoms with Crippen LogP contribution in [0.1, 0.15) is 16.2 Å². The molecule has 2 N–H and O–H groups in total. The highest BCUT2D eigenvalue weighted by Crippen LogP contribution is 2.19. The molecule has 166 valence electrons. The first-order valence-corrected chi connectivity index (χ1v) is 10.5. The highest BCUT2D eigenvalue weighted by atomic mass is 35.5. The van der Waals surface area contributed by atoms with Gasteiger partial charge in [-0.15, -0.1) is 0 Å². The lowest BCUT2D eigenvalue weighted by atomic mass is 10.2. The Morgan fingerprint density at radius 1 is 1.06 bits per heavy atom. The quantitative estimate of drug-likeness (QED) is 0.561. The van der Waals surface area contributed by atoms with Crippen molar-refractivity contribution >= 4 is 35.1 Å². The van der Waals surface area contributed by atoms with Crippen molar-refractivity contribution in [1.82, 2.24) is 20.3 Å². The molecule has 0 bridgehead atoms. The second kappa shape index (κ2) is 10.3. The normalized spacial score (nSPS) is 13.5. The van der Waals surface area contributed by atoms with Gasteiger partial charge in [0.25, 0.3) is 5.91 Å². The fourth-order valence-electron chi connectivity index (χ4n) is 3.11. The first kappa shape index (κ1) is 21.8. The molecule has 3 aromatic rings. The van der Waals surface area contributed by atoms with Crippen LogP contribution in [0.2, 0.25) is 5.02 Å². The Morgan fingerprint density at radius 3 is 2.47 bits per heavy atom. The zero-order chi connectivity index (χ0) is 22.3. The molecule has 0 saturated carbocycles. The van der Waals surface area contributed by atoms with E-state index in [2.05, 4.69) is 25.6 Å². The van der Waals surface area contributed by atoms with Crippen LogP contribution in [-0.4, -0.2) is 54.3 Å². The third-order valence-corrected chi connectivity index (χ3v) is 5.08. The van der Waals surface area contributed by atoms with Gasteiger partial charge in [-0.3, -0.25) is 4.79 Å². The molecule has 1 aromatic heterocycles. The van der Waals surface area contributed by atoms with Crippen molar-refractivity contribution < 1.29 is 14.3 Å².